The average Bonchev–Trinajstić information content (AvgIpc) is 3.36. The lowest BCUT2D eigenvalue weighted by Crippen LogP contribution is -2.61. The monoisotopic (exact) mass is 1050 g/mol. The minimum atomic E-state index is -5.09. The Labute approximate surface area is 442 Å². The van der Waals surface area contributed by atoms with Gasteiger partial charge in [-0.15, -0.1) is 0 Å². The van der Waals surface area contributed by atoms with Gasteiger partial charge in [0.15, 0.2) is 6.29 Å². The standard InChI is InChI=1S/C59H115NO11S/c1-3-5-7-9-11-13-15-17-19-21-22-23-24-25-26-27-28-29-30-31-33-35-37-39-41-43-45-47-49-55(63)60-52(51-69-59-57(65)58(71-72(66,67)68)56(64)54(50-61)70-59)53(62)48-46-44-42-40-38-36-34-32-20-18-16-14-12-10-8-6-4-2/h46,48,52-54,56-59,61-62,64-65H,3-45,47,49-51H2,1-2H3,(H,60,63)(H,66,67,68)/b48-46+. The maximum absolute atomic E-state index is 13.1. The molecule has 0 bridgehead atoms. The molecule has 0 radical (unpaired) electrons. The summed E-state index contributed by atoms with van der Waals surface area (Å²) in [5.74, 6) is -0.255. The highest BCUT2D eigenvalue weighted by molar-refractivity contribution is 7.80. The van der Waals surface area contributed by atoms with E-state index in [1.165, 1.54) is 238 Å². The number of amides is 1. The number of carbonyl (C=O) groups excluding carboxylic acids is 1. The third-order valence-corrected chi connectivity index (χ3v) is 15.3. The number of allylic oxidation sites excluding steroid dienone is 1. The lowest BCUT2D eigenvalue weighted by molar-refractivity contribution is -0.298. The molecule has 1 saturated heterocycles. The molecule has 6 N–H and O–H groups in total. The summed E-state index contributed by atoms with van der Waals surface area (Å²) in [7, 11) is -5.09. The zero-order valence-corrected chi connectivity index (χ0v) is 47.3. The Kier molecular flexibility index (Phi) is 47.3. The van der Waals surface area contributed by atoms with Crippen molar-refractivity contribution >= 4 is 16.3 Å². The van der Waals surface area contributed by atoms with Gasteiger partial charge in [0.25, 0.3) is 0 Å². The first-order valence-corrected chi connectivity index (χ1v) is 31.9. The molecule has 0 spiro atoms. The fourth-order valence-electron chi connectivity index (χ4n) is 10.1. The van der Waals surface area contributed by atoms with Crippen LogP contribution in [0.15, 0.2) is 12.2 Å². The smallest absolute Gasteiger partial charge is 0.394 e. The summed E-state index contributed by atoms with van der Waals surface area (Å²) in [4.78, 5) is 13.1. The molecule has 12 nitrogen and oxygen atoms in total. The molecule has 1 amide bonds. The van der Waals surface area contributed by atoms with Gasteiger partial charge in [0.2, 0.25) is 5.91 Å². The molecule has 13 heteroatoms. The van der Waals surface area contributed by atoms with Crippen LogP contribution in [0.1, 0.15) is 303 Å². The van der Waals surface area contributed by atoms with E-state index in [-0.39, 0.29) is 18.9 Å². The largest absolute Gasteiger partial charge is 0.397 e. The first kappa shape index (κ1) is 68.9. The second-order valence-corrected chi connectivity index (χ2v) is 22.7. The van der Waals surface area contributed by atoms with Crippen molar-refractivity contribution < 1.29 is 51.8 Å². The SMILES string of the molecule is CCCCCCCCCCCCCCCCC/C=C/C(O)C(COC1OC(CO)C(O)C(OS(=O)(=O)O)C1O)NC(=O)CCCCCCCCCCCCCCCCCCCCCCCCCCCCCC. The summed E-state index contributed by atoms with van der Waals surface area (Å²) in [6, 6.07) is -0.940. The second-order valence-electron chi connectivity index (χ2n) is 21.7. The topological polar surface area (TPSA) is 192 Å². The van der Waals surface area contributed by atoms with Gasteiger partial charge in [0, 0.05) is 6.42 Å². The van der Waals surface area contributed by atoms with Crippen LogP contribution >= 0.6 is 0 Å². The normalized spacial score (nSPS) is 19.3. The Balaban J connectivity index is 2.29. The van der Waals surface area contributed by atoms with Crippen molar-refractivity contribution in [2.24, 2.45) is 0 Å². The molecule has 0 aliphatic carbocycles. The van der Waals surface area contributed by atoms with Crippen molar-refractivity contribution in [1.29, 1.82) is 0 Å². The predicted octanol–water partition coefficient (Wildman–Crippen LogP) is 14.6. The maximum Gasteiger partial charge on any atom is 0.397 e. The van der Waals surface area contributed by atoms with E-state index in [0.29, 0.717) is 6.42 Å². The van der Waals surface area contributed by atoms with Crippen molar-refractivity contribution in [2.45, 2.75) is 346 Å². The minimum Gasteiger partial charge on any atom is -0.394 e. The van der Waals surface area contributed by atoms with Gasteiger partial charge in [-0.2, -0.15) is 8.42 Å². The van der Waals surface area contributed by atoms with Gasteiger partial charge in [-0.05, 0) is 19.3 Å². The Bertz CT molecular complexity index is 1320. The molecule has 7 atom stereocenters. The van der Waals surface area contributed by atoms with Crippen molar-refractivity contribution in [3.05, 3.63) is 12.2 Å². The lowest BCUT2D eigenvalue weighted by Gasteiger charge is -2.41. The third kappa shape index (κ3) is 41.1. The van der Waals surface area contributed by atoms with E-state index < -0.39 is 59.9 Å². The van der Waals surface area contributed by atoms with Crippen molar-refractivity contribution in [2.75, 3.05) is 13.2 Å². The second kappa shape index (κ2) is 49.4. The summed E-state index contributed by atoms with van der Waals surface area (Å²) < 4.78 is 47.9. The number of nitrogens with one attached hydrogen (secondary N) is 1. The van der Waals surface area contributed by atoms with Crippen LogP contribution in [0, 0.1) is 0 Å². The van der Waals surface area contributed by atoms with E-state index in [9.17, 15) is 38.2 Å². The number of hydrogen-bond donors (Lipinski definition) is 6. The van der Waals surface area contributed by atoms with E-state index >= 15 is 0 Å². The van der Waals surface area contributed by atoms with Crippen LogP contribution in [-0.4, -0.2) is 95.4 Å². The van der Waals surface area contributed by atoms with Crippen LogP contribution in [0.4, 0.5) is 0 Å². The zero-order chi connectivity index (χ0) is 52.6. The quantitative estimate of drug-likeness (QED) is 0.0193. The minimum absolute atomic E-state index is 0.255. The number of hydrogen-bond acceptors (Lipinski definition) is 10. The van der Waals surface area contributed by atoms with E-state index in [1.54, 1.807) is 6.08 Å². The van der Waals surface area contributed by atoms with E-state index in [1.807, 2.05) is 6.08 Å². The Morgan fingerprint density at radius 1 is 0.542 bits per heavy atom. The Hall–Kier alpha value is -1.16. The molecule has 428 valence electrons. The molecule has 1 aliphatic heterocycles. The first-order chi connectivity index (χ1) is 35.0. The van der Waals surface area contributed by atoms with Crippen LogP contribution in [0.5, 0.6) is 0 Å². The Morgan fingerprint density at radius 2 is 0.875 bits per heavy atom. The van der Waals surface area contributed by atoms with Crippen molar-refractivity contribution in [3.8, 4) is 0 Å². The van der Waals surface area contributed by atoms with Crippen LogP contribution in [0.2, 0.25) is 0 Å². The zero-order valence-electron chi connectivity index (χ0n) is 46.5. The molecule has 1 aliphatic rings. The van der Waals surface area contributed by atoms with Crippen LogP contribution < -0.4 is 5.32 Å². The van der Waals surface area contributed by atoms with Crippen molar-refractivity contribution in [3.63, 3.8) is 0 Å². The lowest BCUT2D eigenvalue weighted by atomic mass is 9.99. The summed E-state index contributed by atoms with van der Waals surface area (Å²) in [5.41, 5.74) is 0. The molecule has 0 aromatic heterocycles. The van der Waals surface area contributed by atoms with E-state index in [2.05, 4.69) is 23.3 Å². The van der Waals surface area contributed by atoms with E-state index in [4.69, 9.17) is 9.47 Å². The van der Waals surface area contributed by atoms with Gasteiger partial charge in [0.1, 0.15) is 24.4 Å². The summed E-state index contributed by atoms with van der Waals surface area (Å²) >= 11 is 0. The number of carbonyl (C=O) groups is 1. The molecule has 1 rings (SSSR count). The number of aliphatic hydroxyl groups excluding tert-OH is 4. The van der Waals surface area contributed by atoms with Gasteiger partial charge >= 0.3 is 10.4 Å². The Morgan fingerprint density at radius 3 is 1.21 bits per heavy atom. The highest BCUT2D eigenvalue weighted by Crippen LogP contribution is 2.26. The van der Waals surface area contributed by atoms with Crippen LogP contribution in [-0.2, 0) is 28.9 Å². The van der Waals surface area contributed by atoms with Gasteiger partial charge in [0.05, 0.1) is 25.4 Å². The number of aliphatic hydroxyl groups is 4. The molecular formula is C59H115NO11S. The molecule has 0 saturated carbocycles. The van der Waals surface area contributed by atoms with Crippen molar-refractivity contribution in [1.82, 2.24) is 5.32 Å². The number of ether oxygens (including phenoxy) is 2. The number of unbranched alkanes of at least 4 members (excludes halogenated alkanes) is 42. The summed E-state index contributed by atoms with van der Waals surface area (Å²) in [5, 5.41) is 45.0. The predicted molar refractivity (Wildman–Crippen MR) is 296 cm³/mol. The van der Waals surface area contributed by atoms with E-state index in [0.717, 1.165) is 38.5 Å². The summed E-state index contributed by atoms with van der Waals surface area (Å²) in [6.07, 6.45) is 51.3. The fraction of sp³-hybridized carbons (Fsp3) is 0.949. The fourth-order valence-corrected chi connectivity index (χ4v) is 10.6. The molecule has 0 aromatic rings. The molecular weight excluding hydrogens is 931 g/mol. The van der Waals surface area contributed by atoms with Crippen LogP contribution in [0.25, 0.3) is 0 Å². The average molecular weight is 1050 g/mol. The summed E-state index contributed by atoms with van der Waals surface area (Å²) in [6.45, 7) is 3.44. The highest BCUT2D eigenvalue weighted by Gasteiger charge is 2.48. The highest BCUT2D eigenvalue weighted by atomic mass is 32.3. The van der Waals surface area contributed by atoms with Crippen LogP contribution in [0.3, 0.4) is 0 Å². The molecule has 72 heavy (non-hydrogen) atoms. The molecule has 1 heterocycles. The molecule has 1 fully saturated rings. The third-order valence-electron chi connectivity index (χ3n) is 14.8. The van der Waals surface area contributed by atoms with Gasteiger partial charge in [-0.25, -0.2) is 4.18 Å². The first-order valence-electron chi connectivity index (χ1n) is 30.6. The maximum atomic E-state index is 13.1. The number of rotatable bonds is 54. The van der Waals surface area contributed by atoms with Gasteiger partial charge in [-0.3, -0.25) is 9.35 Å². The van der Waals surface area contributed by atoms with Gasteiger partial charge in [-0.1, -0.05) is 289 Å². The molecule has 7 unspecified atom stereocenters. The van der Waals surface area contributed by atoms with Gasteiger partial charge < -0.3 is 35.2 Å². The molecule has 0 aromatic carbocycles.